The lowest BCUT2D eigenvalue weighted by Crippen LogP contribution is -2.12. The van der Waals surface area contributed by atoms with Gasteiger partial charge >= 0.3 is 0 Å². The van der Waals surface area contributed by atoms with Gasteiger partial charge in [-0.2, -0.15) is 5.10 Å². The molecule has 12 nitrogen and oxygen atoms in total. The number of sulfone groups is 1. The maximum Gasteiger partial charge on any atom is 0.185 e. The third-order valence-corrected chi connectivity index (χ3v) is 7.33. The number of carbonyl (C=O) groups is 1. The molecular formula is C23H23IN8O4S. The zero-order valence-electron chi connectivity index (χ0n) is 20.4. The van der Waals surface area contributed by atoms with E-state index in [1.807, 2.05) is 0 Å². The normalized spacial score (nSPS) is 11.3. The molecule has 0 aliphatic heterocycles. The van der Waals surface area contributed by atoms with Gasteiger partial charge in [0.05, 0.1) is 51.7 Å². The second kappa shape index (κ2) is 10.8. The van der Waals surface area contributed by atoms with Gasteiger partial charge in [0.1, 0.15) is 18.0 Å². The molecule has 192 valence electrons. The predicted molar refractivity (Wildman–Crippen MR) is 146 cm³/mol. The van der Waals surface area contributed by atoms with Crippen LogP contribution < -0.4 is 13.2 Å². The quantitative estimate of drug-likeness (QED) is 0.163. The molecule has 4 aromatic heterocycles. The molecule has 37 heavy (non-hydrogen) atoms. The van der Waals surface area contributed by atoms with Crippen molar-refractivity contribution >= 4 is 61.6 Å². The molecule has 14 heteroatoms. The number of carbonyl (C=O) groups excluding carboxylic acids is 1. The molecule has 0 aliphatic carbocycles. The van der Waals surface area contributed by atoms with E-state index < -0.39 is 9.84 Å². The fourth-order valence-corrected chi connectivity index (χ4v) is 4.72. The van der Waals surface area contributed by atoms with Crippen LogP contribution in [0.3, 0.4) is 0 Å². The second-order valence-electron chi connectivity index (χ2n) is 7.88. The Labute approximate surface area is 227 Å². The average Bonchev–Trinajstić information content (AvgIpc) is 3.33. The fraction of sp³-hybridized carbons (Fsp3) is 0.217. The highest BCUT2D eigenvalue weighted by Crippen LogP contribution is 2.42. The summed E-state index contributed by atoms with van der Waals surface area (Å²) in [6, 6.07) is 6.44. The predicted octanol–water partition coefficient (Wildman–Crippen LogP) is 3.90. The van der Waals surface area contributed by atoms with E-state index in [4.69, 9.17) is 4.74 Å². The Kier molecular flexibility index (Phi) is 7.68. The minimum absolute atomic E-state index is 0.104. The Balaban J connectivity index is 1.76. The molecule has 0 bridgehead atoms. The monoisotopic (exact) mass is 634 g/mol. The highest BCUT2D eigenvalue weighted by atomic mass is 127. The number of hydrogen-bond acceptors (Lipinski definition) is 11. The SMILES string of the molecule is CCC(=O)c1cnc(Nc2ccc(S(C)(=O)=O)cn2)cc1N(I)c1nccc(-c2ncn(C)n2)c1OC. The molecule has 0 spiro atoms. The summed E-state index contributed by atoms with van der Waals surface area (Å²) in [7, 11) is -0.0683. The van der Waals surface area contributed by atoms with E-state index in [9.17, 15) is 13.2 Å². The van der Waals surface area contributed by atoms with Crippen LogP contribution in [0.5, 0.6) is 5.75 Å². The van der Waals surface area contributed by atoms with Gasteiger partial charge < -0.3 is 10.1 Å². The Morgan fingerprint density at radius 2 is 1.89 bits per heavy atom. The molecule has 0 fully saturated rings. The van der Waals surface area contributed by atoms with Gasteiger partial charge in [-0.1, -0.05) is 6.92 Å². The smallest absolute Gasteiger partial charge is 0.185 e. The highest BCUT2D eigenvalue weighted by molar-refractivity contribution is 14.1. The van der Waals surface area contributed by atoms with Crippen LogP contribution in [0.4, 0.5) is 23.1 Å². The number of hydrogen-bond donors (Lipinski definition) is 1. The van der Waals surface area contributed by atoms with Crippen LogP contribution in [-0.4, -0.2) is 57.3 Å². The summed E-state index contributed by atoms with van der Waals surface area (Å²) in [6.07, 6.45) is 7.35. The van der Waals surface area contributed by atoms with Gasteiger partial charge in [-0.05, 0) is 18.2 Å². The molecule has 0 atom stereocenters. The van der Waals surface area contributed by atoms with Crippen LogP contribution in [-0.2, 0) is 16.9 Å². The number of ether oxygens (including phenoxy) is 1. The third-order valence-electron chi connectivity index (χ3n) is 5.25. The van der Waals surface area contributed by atoms with E-state index in [2.05, 4.69) is 53.2 Å². The number of nitrogens with zero attached hydrogens (tertiary/aromatic N) is 7. The zero-order valence-corrected chi connectivity index (χ0v) is 23.3. The summed E-state index contributed by atoms with van der Waals surface area (Å²) in [4.78, 5) is 30.2. The lowest BCUT2D eigenvalue weighted by molar-refractivity contribution is 0.0988. The van der Waals surface area contributed by atoms with Gasteiger partial charge in [0.2, 0.25) is 0 Å². The molecule has 0 amide bonds. The van der Waals surface area contributed by atoms with Crippen LogP contribution in [0.1, 0.15) is 23.7 Å². The minimum Gasteiger partial charge on any atom is -0.492 e. The summed E-state index contributed by atoms with van der Waals surface area (Å²) >= 11 is 2.05. The van der Waals surface area contributed by atoms with Gasteiger partial charge in [0.25, 0.3) is 0 Å². The van der Waals surface area contributed by atoms with Crippen molar-refractivity contribution in [2.75, 3.05) is 21.8 Å². The van der Waals surface area contributed by atoms with E-state index in [0.29, 0.717) is 45.8 Å². The number of aryl methyl sites for hydroxylation is 1. The molecule has 0 saturated heterocycles. The van der Waals surface area contributed by atoms with E-state index in [-0.39, 0.29) is 17.1 Å². The van der Waals surface area contributed by atoms with Crippen molar-refractivity contribution in [1.29, 1.82) is 0 Å². The summed E-state index contributed by atoms with van der Waals surface area (Å²) in [6.45, 7) is 1.77. The van der Waals surface area contributed by atoms with Gasteiger partial charge in [-0.25, -0.2) is 28.4 Å². The lowest BCUT2D eigenvalue weighted by atomic mass is 10.1. The van der Waals surface area contributed by atoms with Gasteiger partial charge in [0.15, 0.2) is 33.0 Å². The standard InChI is InChI=1S/C23H23IN8O4S/c1-5-18(33)16-12-27-20(29-19-7-6-14(11-26-19)37(4,34)35)10-17(16)32(24)23-21(36-3)15(8-9-25-23)22-28-13-31(2)30-22/h6-13H,5H2,1-4H3,(H,26,27,29). The molecule has 4 aromatic rings. The minimum atomic E-state index is -3.37. The highest BCUT2D eigenvalue weighted by Gasteiger charge is 2.24. The van der Waals surface area contributed by atoms with Crippen LogP contribution >= 0.6 is 22.9 Å². The lowest BCUT2D eigenvalue weighted by Gasteiger charge is -2.22. The van der Waals surface area contributed by atoms with Gasteiger partial charge in [0, 0.05) is 44.4 Å². The maximum atomic E-state index is 12.8. The second-order valence-corrected chi connectivity index (χ2v) is 10.9. The van der Waals surface area contributed by atoms with Crippen molar-refractivity contribution in [2.45, 2.75) is 18.2 Å². The maximum absolute atomic E-state index is 12.8. The number of rotatable bonds is 9. The average molecular weight is 634 g/mol. The summed E-state index contributed by atoms with van der Waals surface area (Å²) in [5.74, 6) is 2.02. The largest absolute Gasteiger partial charge is 0.492 e. The number of aromatic nitrogens is 6. The Hall–Kier alpha value is -3.66. The van der Waals surface area contributed by atoms with Crippen molar-refractivity contribution in [2.24, 2.45) is 7.05 Å². The van der Waals surface area contributed by atoms with Gasteiger partial charge in [-0.3, -0.25) is 12.6 Å². The molecule has 4 heterocycles. The number of anilines is 4. The van der Waals surface area contributed by atoms with Crippen LogP contribution in [0.25, 0.3) is 11.4 Å². The zero-order chi connectivity index (χ0) is 26.7. The first kappa shape index (κ1) is 26.4. The van der Waals surface area contributed by atoms with Crippen molar-refractivity contribution in [1.82, 2.24) is 29.7 Å². The molecule has 0 aliphatic rings. The Bertz CT molecular complexity index is 1560. The van der Waals surface area contributed by atoms with E-state index in [1.165, 1.54) is 25.6 Å². The summed E-state index contributed by atoms with van der Waals surface area (Å²) < 4.78 is 32.4. The molecule has 0 unspecified atom stereocenters. The van der Waals surface area contributed by atoms with Crippen LogP contribution in [0, 0.1) is 0 Å². The number of halogens is 1. The first-order chi connectivity index (χ1) is 17.6. The molecule has 0 saturated carbocycles. The third kappa shape index (κ3) is 5.69. The van der Waals surface area contributed by atoms with Crippen molar-refractivity contribution in [3.05, 3.63) is 54.7 Å². The van der Waals surface area contributed by atoms with E-state index >= 15 is 0 Å². The molecule has 1 N–H and O–H groups in total. The molecular weight excluding hydrogens is 611 g/mol. The first-order valence-electron chi connectivity index (χ1n) is 10.9. The molecule has 0 radical (unpaired) electrons. The van der Waals surface area contributed by atoms with Crippen molar-refractivity contribution in [3.63, 3.8) is 0 Å². The first-order valence-corrected chi connectivity index (χ1v) is 13.8. The number of nitrogens with one attached hydrogen (secondary N) is 1. The number of ketones is 1. The van der Waals surface area contributed by atoms with Crippen molar-refractivity contribution in [3.8, 4) is 17.1 Å². The Morgan fingerprint density at radius 3 is 2.49 bits per heavy atom. The number of methoxy groups -OCH3 is 1. The topological polar surface area (TPSA) is 145 Å². The van der Waals surface area contributed by atoms with Gasteiger partial charge in [-0.15, -0.1) is 0 Å². The summed E-state index contributed by atoms with van der Waals surface area (Å²) in [5.41, 5.74) is 1.56. The van der Waals surface area contributed by atoms with E-state index in [0.717, 1.165) is 6.26 Å². The fourth-order valence-electron chi connectivity index (χ4n) is 3.42. The van der Waals surface area contributed by atoms with E-state index in [1.54, 1.807) is 52.5 Å². The number of pyridine rings is 3. The number of Topliss-reactive ketones (excluding diaryl/α,β-unsaturated/α-hetero) is 1. The van der Waals surface area contributed by atoms with Crippen LogP contribution in [0.15, 0.2) is 54.1 Å². The molecule has 0 aromatic carbocycles. The van der Waals surface area contributed by atoms with Crippen molar-refractivity contribution < 1.29 is 17.9 Å². The Morgan fingerprint density at radius 1 is 1.14 bits per heavy atom. The molecule has 4 rings (SSSR count). The van der Waals surface area contributed by atoms with Crippen LogP contribution in [0.2, 0.25) is 0 Å². The summed E-state index contributed by atoms with van der Waals surface area (Å²) in [5, 5.41) is 7.41.